The highest BCUT2D eigenvalue weighted by Gasteiger charge is 2.27. The minimum Gasteiger partial charge on any atom is -0.467 e. The summed E-state index contributed by atoms with van der Waals surface area (Å²) in [6, 6.07) is 9.87. The topological polar surface area (TPSA) is 85.4 Å². The number of nitrogens with one attached hydrogen (secondary N) is 1. The van der Waals surface area contributed by atoms with Crippen molar-refractivity contribution in [3.63, 3.8) is 0 Å². The Hall–Kier alpha value is -2.69. The van der Waals surface area contributed by atoms with E-state index >= 15 is 0 Å². The lowest BCUT2D eigenvalue weighted by Crippen LogP contribution is -2.38. The summed E-state index contributed by atoms with van der Waals surface area (Å²) in [5.41, 5.74) is 0.783. The highest BCUT2D eigenvalue weighted by atomic mass is 32.2. The minimum absolute atomic E-state index is 0.0697. The molecule has 1 aliphatic rings. The Kier molecular flexibility index (Phi) is 8.36. The molecule has 3 heterocycles. The maximum absolute atomic E-state index is 13.5. The zero-order chi connectivity index (χ0) is 23.9. The molecule has 2 aromatic heterocycles. The number of furan rings is 1. The van der Waals surface area contributed by atoms with Crippen LogP contribution < -0.4 is 5.32 Å². The van der Waals surface area contributed by atoms with Crippen LogP contribution in [-0.4, -0.2) is 63.7 Å². The Morgan fingerprint density at radius 3 is 2.59 bits per heavy atom. The van der Waals surface area contributed by atoms with Gasteiger partial charge in [0.1, 0.15) is 11.6 Å². The maximum atomic E-state index is 13.5. The first-order valence-electron chi connectivity index (χ1n) is 11.5. The molecule has 10 heteroatoms. The number of halogens is 1. The lowest BCUT2D eigenvalue weighted by Gasteiger charge is -2.27. The van der Waals surface area contributed by atoms with Crippen molar-refractivity contribution in [2.24, 2.45) is 5.92 Å². The number of carbonyl (C=O) groups is 1. The second-order valence-corrected chi connectivity index (χ2v) is 9.61. The number of ether oxygens (including phenoxy) is 1. The second-order valence-electron chi connectivity index (χ2n) is 8.50. The first kappa shape index (κ1) is 24.4. The summed E-state index contributed by atoms with van der Waals surface area (Å²) in [7, 11) is 0. The van der Waals surface area contributed by atoms with Gasteiger partial charge in [-0.25, -0.2) is 4.39 Å². The van der Waals surface area contributed by atoms with Crippen molar-refractivity contribution in [1.82, 2.24) is 25.0 Å². The first-order valence-corrected chi connectivity index (χ1v) is 12.3. The van der Waals surface area contributed by atoms with Gasteiger partial charge in [0, 0.05) is 31.7 Å². The molecule has 1 saturated heterocycles. The Balaban J connectivity index is 1.54. The van der Waals surface area contributed by atoms with E-state index in [2.05, 4.69) is 20.4 Å². The largest absolute Gasteiger partial charge is 0.467 e. The predicted octanol–water partition coefficient (Wildman–Crippen LogP) is 3.44. The SMILES string of the molecule is CC(C)C(Sc1nnc(-c2ccc(F)cc2)n1CCN1CCOCC1)C(=O)NCc1ccco1. The van der Waals surface area contributed by atoms with Crippen LogP contribution in [0.1, 0.15) is 19.6 Å². The lowest BCUT2D eigenvalue weighted by molar-refractivity contribution is -0.121. The highest BCUT2D eigenvalue weighted by molar-refractivity contribution is 8.00. The van der Waals surface area contributed by atoms with E-state index in [1.165, 1.54) is 23.9 Å². The molecule has 0 saturated carbocycles. The fourth-order valence-electron chi connectivity index (χ4n) is 3.75. The van der Waals surface area contributed by atoms with Crippen LogP contribution in [0.3, 0.4) is 0 Å². The average Bonchev–Trinajstić information content (AvgIpc) is 3.50. The average molecular weight is 488 g/mol. The molecular formula is C24H30FN5O3S. The minimum atomic E-state index is -0.359. The summed E-state index contributed by atoms with van der Waals surface area (Å²) < 4.78 is 26.3. The number of nitrogens with zero attached hydrogens (tertiary/aromatic N) is 4. The van der Waals surface area contributed by atoms with Crippen molar-refractivity contribution in [1.29, 1.82) is 0 Å². The number of hydrogen-bond acceptors (Lipinski definition) is 7. The van der Waals surface area contributed by atoms with Crippen molar-refractivity contribution in [3.05, 3.63) is 54.2 Å². The monoisotopic (exact) mass is 487 g/mol. The van der Waals surface area contributed by atoms with Gasteiger partial charge >= 0.3 is 0 Å². The molecule has 1 aromatic carbocycles. The van der Waals surface area contributed by atoms with E-state index in [0.717, 1.165) is 38.4 Å². The molecule has 182 valence electrons. The molecule has 1 atom stereocenters. The third-order valence-corrected chi connectivity index (χ3v) is 7.20. The molecule has 34 heavy (non-hydrogen) atoms. The van der Waals surface area contributed by atoms with Gasteiger partial charge < -0.3 is 19.0 Å². The van der Waals surface area contributed by atoms with E-state index in [1.54, 1.807) is 24.5 Å². The lowest BCUT2D eigenvalue weighted by atomic mass is 10.1. The molecule has 1 unspecified atom stereocenters. The van der Waals surface area contributed by atoms with Crippen LogP contribution in [0.4, 0.5) is 4.39 Å². The molecule has 0 bridgehead atoms. The second kappa shape index (κ2) is 11.6. The summed E-state index contributed by atoms with van der Waals surface area (Å²) in [5.74, 6) is 1.05. The van der Waals surface area contributed by atoms with E-state index in [1.807, 2.05) is 24.5 Å². The molecule has 3 aromatic rings. The quantitative estimate of drug-likeness (QED) is 0.439. The molecular weight excluding hydrogens is 457 g/mol. The zero-order valence-corrected chi connectivity index (χ0v) is 20.3. The maximum Gasteiger partial charge on any atom is 0.234 e. The Labute approximate surface area is 202 Å². The van der Waals surface area contributed by atoms with Crippen LogP contribution in [0.15, 0.2) is 52.2 Å². The molecule has 8 nitrogen and oxygen atoms in total. The number of thioether (sulfide) groups is 1. The van der Waals surface area contributed by atoms with Gasteiger partial charge in [-0.2, -0.15) is 0 Å². The smallest absolute Gasteiger partial charge is 0.234 e. The number of morpholine rings is 1. The third-order valence-electron chi connectivity index (χ3n) is 5.68. The van der Waals surface area contributed by atoms with Gasteiger partial charge in [-0.05, 0) is 42.3 Å². The van der Waals surface area contributed by atoms with E-state index in [0.29, 0.717) is 29.8 Å². The van der Waals surface area contributed by atoms with E-state index in [9.17, 15) is 9.18 Å². The summed E-state index contributed by atoms with van der Waals surface area (Å²) in [5, 5.41) is 12.1. The van der Waals surface area contributed by atoms with Crippen LogP contribution in [0.2, 0.25) is 0 Å². The van der Waals surface area contributed by atoms with Crippen molar-refractivity contribution in [3.8, 4) is 11.4 Å². The van der Waals surface area contributed by atoms with Gasteiger partial charge in [0.05, 0.1) is 31.3 Å². The number of aromatic nitrogens is 3. The number of hydrogen-bond donors (Lipinski definition) is 1. The Morgan fingerprint density at radius 1 is 1.15 bits per heavy atom. The fourth-order valence-corrected chi connectivity index (χ4v) is 4.83. The number of benzene rings is 1. The Morgan fingerprint density at radius 2 is 1.91 bits per heavy atom. The normalized spacial score (nSPS) is 15.5. The van der Waals surface area contributed by atoms with Gasteiger partial charge in [0.2, 0.25) is 5.91 Å². The molecule has 4 rings (SSSR count). The standard InChI is InChI=1S/C24H30FN5O3S/c1-17(2)21(23(31)26-16-20-4-3-13-33-20)34-24-28-27-22(18-5-7-19(25)8-6-18)30(24)10-9-29-11-14-32-15-12-29/h3-8,13,17,21H,9-12,14-16H2,1-2H3,(H,26,31). The molecule has 0 radical (unpaired) electrons. The third kappa shape index (κ3) is 6.25. The van der Waals surface area contributed by atoms with Crippen LogP contribution in [-0.2, 0) is 22.6 Å². The van der Waals surface area contributed by atoms with Gasteiger partial charge in [-0.3, -0.25) is 9.69 Å². The van der Waals surface area contributed by atoms with E-state index < -0.39 is 0 Å². The number of carbonyl (C=O) groups excluding carboxylic acids is 1. The van der Waals surface area contributed by atoms with Crippen LogP contribution >= 0.6 is 11.8 Å². The first-order chi connectivity index (χ1) is 16.5. The van der Waals surface area contributed by atoms with Crippen molar-refractivity contribution >= 4 is 17.7 Å². The summed E-state index contributed by atoms with van der Waals surface area (Å²) in [6.07, 6.45) is 1.59. The van der Waals surface area contributed by atoms with Gasteiger partial charge in [0.15, 0.2) is 11.0 Å². The van der Waals surface area contributed by atoms with Gasteiger partial charge in [-0.1, -0.05) is 25.6 Å². The Bertz CT molecular complexity index is 1050. The molecule has 0 spiro atoms. The number of amides is 1. The highest BCUT2D eigenvalue weighted by Crippen LogP contribution is 2.30. The summed E-state index contributed by atoms with van der Waals surface area (Å²) in [6.45, 7) is 9.01. The van der Waals surface area contributed by atoms with E-state index in [-0.39, 0.29) is 22.9 Å². The molecule has 1 fully saturated rings. The summed E-state index contributed by atoms with van der Waals surface area (Å²) in [4.78, 5) is 15.4. The van der Waals surface area contributed by atoms with Crippen molar-refractivity contribution in [2.75, 3.05) is 32.8 Å². The predicted molar refractivity (Wildman–Crippen MR) is 128 cm³/mol. The van der Waals surface area contributed by atoms with Gasteiger partial charge in [-0.15, -0.1) is 10.2 Å². The molecule has 1 amide bonds. The van der Waals surface area contributed by atoms with Crippen LogP contribution in [0.5, 0.6) is 0 Å². The van der Waals surface area contributed by atoms with Crippen molar-refractivity contribution in [2.45, 2.75) is 37.3 Å². The molecule has 1 aliphatic heterocycles. The van der Waals surface area contributed by atoms with Gasteiger partial charge in [0.25, 0.3) is 0 Å². The van der Waals surface area contributed by atoms with Crippen molar-refractivity contribution < 1.29 is 18.3 Å². The molecule has 1 N–H and O–H groups in total. The fraction of sp³-hybridized carbons (Fsp3) is 0.458. The number of rotatable bonds is 10. The summed E-state index contributed by atoms with van der Waals surface area (Å²) >= 11 is 1.40. The molecule has 0 aliphatic carbocycles. The van der Waals surface area contributed by atoms with E-state index in [4.69, 9.17) is 9.15 Å². The zero-order valence-electron chi connectivity index (χ0n) is 19.4. The van der Waals surface area contributed by atoms with Crippen LogP contribution in [0.25, 0.3) is 11.4 Å². The van der Waals surface area contributed by atoms with Crippen LogP contribution in [0, 0.1) is 11.7 Å².